The van der Waals surface area contributed by atoms with Gasteiger partial charge in [0.1, 0.15) is 16.5 Å². The highest BCUT2D eigenvalue weighted by Crippen LogP contribution is 2.26. The molecule has 1 rings (SSSR count). The molecule has 0 aliphatic carbocycles. The Bertz CT molecular complexity index is 649. The van der Waals surface area contributed by atoms with Crippen molar-refractivity contribution in [1.82, 2.24) is 4.72 Å². The van der Waals surface area contributed by atoms with Gasteiger partial charge in [-0.3, -0.25) is 4.79 Å². The van der Waals surface area contributed by atoms with Gasteiger partial charge in [0.15, 0.2) is 5.78 Å². The highest BCUT2D eigenvalue weighted by Gasteiger charge is 2.29. The van der Waals surface area contributed by atoms with E-state index in [-0.39, 0.29) is 6.54 Å². The normalized spacial score (nSPS) is 12.5. The zero-order valence-corrected chi connectivity index (χ0v) is 13.3. The van der Waals surface area contributed by atoms with Gasteiger partial charge in [-0.25, -0.2) is 21.9 Å². The number of ketones is 1. The van der Waals surface area contributed by atoms with Crippen molar-refractivity contribution in [2.24, 2.45) is 5.41 Å². The molecule has 1 aromatic carbocycles. The maximum absolute atomic E-state index is 13.8. The van der Waals surface area contributed by atoms with Crippen molar-refractivity contribution in [2.75, 3.05) is 6.54 Å². The molecular weight excluding hydrogens is 300 g/mol. The van der Waals surface area contributed by atoms with E-state index < -0.39 is 43.3 Å². The van der Waals surface area contributed by atoms with Gasteiger partial charge in [-0.2, -0.15) is 0 Å². The van der Waals surface area contributed by atoms with Crippen LogP contribution in [0.4, 0.5) is 8.78 Å². The van der Waals surface area contributed by atoms with Crippen LogP contribution in [-0.4, -0.2) is 20.7 Å². The molecule has 4 nitrogen and oxygen atoms in total. The molecule has 0 aromatic heterocycles. The van der Waals surface area contributed by atoms with E-state index in [1.54, 1.807) is 27.7 Å². The predicted molar refractivity (Wildman–Crippen MR) is 75.6 cm³/mol. The molecule has 0 radical (unpaired) electrons. The SMILES string of the molecule is CCCNS(=O)(=O)c1cc(C(=O)C(C)(C)C)c(F)cc1F. The molecule has 0 atom stereocenters. The van der Waals surface area contributed by atoms with Crippen molar-refractivity contribution in [3.8, 4) is 0 Å². The van der Waals surface area contributed by atoms with Crippen molar-refractivity contribution in [1.29, 1.82) is 0 Å². The summed E-state index contributed by atoms with van der Waals surface area (Å²) in [4.78, 5) is 11.4. The van der Waals surface area contributed by atoms with E-state index in [1.807, 2.05) is 0 Å². The van der Waals surface area contributed by atoms with E-state index in [9.17, 15) is 22.0 Å². The predicted octanol–water partition coefficient (Wildman–Crippen LogP) is 2.88. The van der Waals surface area contributed by atoms with E-state index in [2.05, 4.69) is 4.72 Å². The average molecular weight is 319 g/mol. The van der Waals surface area contributed by atoms with Gasteiger partial charge in [-0.05, 0) is 12.5 Å². The quantitative estimate of drug-likeness (QED) is 0.849. The van der Waals surface area contributed by atoms with Gasteiger partial charge in [-0.15, -0.1) is 0 Å². The summed E-state index contributed by atoms with van der Waals surface area (Å²) in [5.74, 6) is -2.88. The van der Waals surface area contributed by atoms with Gasteiger partial charge >= 0.3 is 0 Å². The minimum atomic E-state index is -4.12. The number of Topliss-reactive ketones (excluding diaryl/α,β-unsaturated/α-hetero) is 1. The van der Waals surface area contributed by atoms with Crippen LogP contribution >= 0.6 is 0 Å². The van der Waals surface area contributed by atoms with Crippen LogP contribution in [0.15, 0.2) is 17.0 Å². The van der Waals surface area contributed by atoms with Crippen LogP contribution in [0.5, 0.6) is 0 Å². The lowest BCUT2D eigenvalue weighted by Crippen LogP contribution is -2.27. The third kappa shape index (κ3) is 4.07. The topological polar surface area (TPSA) is 63.2 Å². The number of hydrogen-bond acceptors (Lipinski definition) is 3. The monoisotopic (exact) mass is 319 g/mol. The zero-order chi connectivity index (χ0) is 16.4. The van der Waals surface area contributed by atoms with Crippen molar-refractivity contribution in [3.63, 3.8) is 0 Å². The standard InChI is InChI=1S/C14H19F2NO3S/c1-5-6-17-21(19,20)12-7-9(10(15)8-11(12)16)13(18)14(2,3)4/h7-8,17H,5-6H2,1-4H3. The Kier molecular flexibility index (Phi) is 5.22. The summed E-state index contributed by atoms with van der Waals surface area (Å²) in [7, 11) is -4.12. The van der Waals surface area contributed by atoms with Crippen LogP contribution in [0.25, 0.3) is 0 Å². The Morgan fingerprint density at radius 2 is 1.76 bits per heavy atom. The van der Waals surface area contributed by atoms with Gasteiger partial charge < -0.3 is 0 Å². The molecule has 0 heterocycles. The highest BCUT2D eigenvalue weighted by molar-refractivity contribution is 7.89. The molecule has 0 spiro atoms. The van der Waals surface area contributed by atoms with Gasteiger partial charge in [0.25, 0.3) is 0 Å². The molecule has 0 fully saturated rings. The van der Waals surface area contributed by atoms with Crippen molar-refractivity contribution >= 4 is 15.8 Å². The molecule has 118 valence electrons. The summed E-state index contributed by atoms with van der Waals surface area (Å²) in [6.07, 6.45) is 0.524. The molecule has 1 N–H and O–H groups in total. The summed E-state index contributed by atoms with van der Waals surface area (Å²) >= 11 is 0. The van der Waals surface area contributed by atoms with E-state index in [0.29, 0.717) is 12.5 Å². The number of halogens is 2. The van der Waals surface area contributed by atoms with Gasteiger partial charge in [0.05, 0.1) is 5.56 Å². The summed E-state index contributed by atoms with van der Waals surface area (Å²) < 4.78 is 53.6. The smallest absolute Gasteiger partial charge is 0.243 e. The largest absolute Gasteiger partial charge is 0.293 e. The first kappa shape index (κ1) is 17.7. The first-order valence-corrected chi connectivity index (χ1v) is 8.02. The minimum Gasteiger partial charge on any atom is -0.293 e. The number of hydrogen-bond donors (Lipinski definition) is 1. The number of benzene rings is 1. The summed E-state index contributed by atoms with van der Waals surface area (Å²) in [6.45, 7) is 6.59. The van der Waals surface area contributed by atoms with E-state index in [1.165, 1.54) is 0 Å². The lowest BCUT2D eigenvalue weighted by atomic mass is 9.86. The second-order valence-electron chi connectivity index (χ2n) is 5.74. The third-order valence-corrected chi connectivity index (χ3v) is 4.26. The van der Waals surface area contributed by atoms with Crippen molar-refractivity contribution in [2.45, 2.75) is 39.0 Å². The molecule has 0 unspecified atom stereocenters. The molecule has 0 amide bonds. The Hall–Kier alpha value is -1.34. The van der Waals surface area contributed by atoms with Gasteiger partial charge in [-0.1, -0.05) is 27.7 Å². The summed E-state index contributed by atoms with van der Waals surface area (Å²) in [5, 5.41) is 0. The average Bonchev–Trinajstić information content (AvgIpc) is 2.34. The Morgan fingerprint density at radius 3 is 2.24 bits per heavy atom. The summed E-state index contributed by atoms with van der Waals surface area (Å²) in [5.41, 5.74) is -1.34. The number of nitrogens with one attached hydrogen (secondary N) is 1. The van der Waals surface area contributed by atoms with Gasteiger partial charge in [0.2, 0.25) is 10.0 Å². The van der Waals surface area contributed by atoms with Crippen molar-refractivity contribution in [3.05, 3.63) is 29.3 Å². The molecule has 0 bridgehead atoms. The summed E-state index contributed by atoms with van der Waals surface area (Å²) in [6, 6.07) is 1.19. The van der Waals surface area contributed by atoms with E-state index in [0.717, 1.165) is 6.07 Å². The molecule has 7 heteroatoms. The van der Waals surface area contributed by atoms with Crippen molar-refractivity contribution < 1.29 is 22.0 Å². The Balaban J connectivity index is 3.41. The van der Waals surface area contributed by atoms with E-state index in [4.69, 9.17) is 0 Å². The van der Waals surface area contributed by atoms with Crippen LogP contribution in [0, 0.1) is 17.0 Å². The third-order valence-electron chi connectivity index (χ3n) is 2.78. The molecule has 0 saturated carbocycles. The second-order valence-corrected chi connectivity index (χ2v) is 7.47. The first-order chi connectivity index (χ1) is 9.50. The molecule has 0 aliphatic heterocycles. The Morgan fingerprint density at radius 1 is 1.19 bits per heavy atom. The second kappa shape index (κ2) is 6.19. The molecule has 21 heavy (non-hydrogen) atoms. The Labute approximate surface area is 123 Å². The fraction of sp³-hybridized carbons (Fsp3) is 0.500. The fourth-order valence-corrected chi connectivity index (χ4v) is 2.84. The number of carbonyl (C=O) groups is 1. The lowest BCUT2D eigenvalue weighted by molar-refractivity contribution is 0.0853. The zero-order valence-electron chi connectivity index (χ0n) is 12.5. The number of rotatable bonds is 5. The van der Waals surface area contributed by atoms with Crippen LogP contribution in [0.3, 0.4) is 0 Å². The molecule has 1 aromatic rings. The minimum absolute atomic E-state index is 0.127. The van der Waals surface area contributed by atoms with Gasteiger partial charge in [0, 0.05) is 18.0 Å². The molecule has 0 aliphatic rings. The maximum Gasteiger partial charge on any atom is 0.243 e. The van der Waals surface area contributed by atoms with Crippen LogP contribution in [0.2, 0.25) is 0 Å². The molecule has 0 saturated heterocycles. The van der Waals surface area contributed by atoms with Crippen LogP contribution in [-0.2, 0) is 10.0 Å². The highest BCUT2D eigenvalue weighted by atomic mass is 32.2. The van der Waals surface area contributed by atoms with Crippen LogP contribution < -0.4 is 4.72 Å². The van der Waals surface area contributed by atoms with E-state index >= 15 is 0 Å². The number of carbonyl (C=O) groups excluding carboxylic acids is 1. The lowest BCUT2D eigenvalue weighted by Gasteiger charge is -2.18. The van der Waals surface area contributed by atoms with Crippen LogP contribution in [0.1, 0.15) is 44.5 Å². The number of sulfonamides is 1. The fourth-order valence-electron chi connectivity index (χ4n) is 1.63. The first-order valence-electron chi connectivity index (χ1n) is 6.54. The maximum atomic E-state index is 13.8. The molecular formula is C14H19F2NO3S.